The second-order valence-electron chi connectivity index (χ2n) is 4.85. The van der Waals surface area contributed by atoms with E-state index < -0.39 is 18.6 Å². The van der Waals surface area contributed by atoms with Gasteiger partial charge in [0.25, 0.3) is 0 Å². The third-order valence-electron chi connectivity index (χ3n) is 3.31. The molecule has 21 heavy (non-hydrogen) atoms. The van der Waals surface area contributed by atoms with Gasteiger partial charge in [-0.1, -0.05) is 15.9 Å². The number of alkyl halides is 2. The van der Waals surface area contributed by atoms with Crippen LogP contribution in [0.5, 0.6) is 5.75 Å². The van der Waals surface area contributed by atoms with Crippen molar-refractivity contribution in [3.8, 4) is 11.8 Å². The number of carbonyl (C=O) groups excluding carboxylic acids is 1. The van der Waals surface area contributed by atoms with E-state index in [0.717, 1.165) is 4.90 Å². The van der Waals surface area contributed by atoms with Crippen molar-refractivity contribution in [2.75, 3.05) is 13.1 Å². The van der Waals surface area contributed by atoms with Gasteiger partial charge in [-0.05, 0) is 18.2 Å². The highest BCUT2D eigenvalue weighted by molar-refractivity contribution is 9.10. The van der Waals surface area contributed by atoms with Crippen LogP contribution in [0.2, 0.25) is 0 Å². The number of hydrogen-bond acceptors (Lipinski definition) is 3. The summed E-state index contributed by atoms with van der Waals surface area (Å²) < 4.78 is 34.2. The zero-order chi connectivity index (χ0) is 15.6. The number of piperidine rings is 1. The molecule has 1 aromatic carbocycles. The normalized spacial score (nSPS) is 20.7. The Hall–Kier alpha value is -1.68. The minimum atomic E-state index is -3.15. The molecule has 2 rings (SSSR count). The Morgan fingerprint density at radius 1 is 1.57 bits per heavy atom. The van der Waals surface area contributed by atoms with Crippen molar-refractivity contribution in [1.29, 1.82) is 5.26 Å². The Bertz CT molecular complexity index is 601. The van der Waals surface area contributed by atoms with E-state index in [1.165, 1.54) is 19.1 Å². The van der Waals surface area contributed by atoms with Crippen molar-refractivity contribution in [3.05, 3.63) is 28.2 Å². The molecule has 0 unspecified atom stereocenters. The molecule has 1 fully saturated rings. The molecule has 4 nitrogen and oxygen atoms in total. The van der Waals surface area contributed by atoms with Crippen LogP contribution in [0.3, 0.4) is 0 Å². The van der Waals surface area contributed by atoms with Crippen LogP contribution in [0.15, 0.2) is 22.7 Å². The Morgan fingerprint density at radius 2 is 2.29 bits per heavy atom. The van der Waals surface area contributed by atoms with E-state index in [1.807, 2.05) is 6.07 Å². The highest BCUT2D eigenvalue weighted by atomic mass is 79.9. The second kappa shape index (κ2) is 5.98. The smallest absolute Gasteiger partial charge is 0.301 e. The predicted octanol–water partition coefficient (Wildman–Crippen LogP) is 2.96. The fourth-order valence-electron chi connectivity index (χ4n) is 2.18. The molecular formula is C14H13BrF2N2O2. The van der Waals surface area contributed by atoms with Crippen LogP contribution in [0.4, 0.5) is 8.78 Å². The maximum Gasteiger partial charge on any atom is 0.301 e. The number of benzene rings is 1. The van der Waals surface area contributed by atoms with Crippen molar-refractivity contribution >= 4 is 21.8 Å². The first-order valence-electron chi connectivity index (χ1n) is 6.33. The number of likely N-dealkylation sites (tertiary alicyclic amines) is 1. The van der Waals surface area contributed by atoms with Gasteiger partial charge in [-0.15, -0.1) is 0 Å². The van der Waals surface area contributed by atoms with Gasteiger partial charge in [-0.25, -0.2) is 8.78 Å². The fraction of sp³-hybridized carbons (Fsp3) is 0.429. The van der Waals surface area contributed by atoms with Gasteiger partial charge in [0.15, 0.2) is 6.10 Å². The number of carbonyl (C=O) groups is 1. The van der Waals surface area contributed by atoms with Crippen LogP contribution >= 0.6 is 15.9 Å². The summed E-state index contributed by atoms with van der Waals surface area (Å²) >= 11 is 3.21. The largest absolute Gasteiger partial charge is 0.483 e. The maximum absolute atomic E-state index is 14.1. The highest BCUT2D eigenvalue weighted by Crippen LogP contribution is 2.33. The van der Waals surface area contributed by atoms with Crippen LogP contribution in [0.1, 0.15) is 18.9 Å². The Morgan fingerprint density at radius 3 is 2.86 bits per heavy atom. The van der Waals surface area contributed by atoms with Crippen LogP contribution in [0.25, 0.3) is 0 Å². The summed E-state index contributed by atoms with van der Waals surface area (Å²) in [7, 11) is 0. The number of amides is 1. The van der Waals surface area contributed by atoms with Gasteiger partial charge in [0, 0.05) is 24.4 Å². The summed E-state index contributed by atoms with van der Waals surface area (Å²) in [6.45, 7) is 0.819. The molecule has 0 bridgehead atoms. The number of ether oxygens (including phenoxy) is 1. The molecule has 0 spiro atoms. The van der Waals surface area contributed by atoms with E-state index in [2.05, 4.69) is 15.9 Å². The first-order valence-corrected chi connectivity index (χ1v) is 7.12. The van der Waals surface area contributed by atoms with Gasteiger partial charge in [-0.2, -0.15) is 5.26 Å². The lowest BCUT2D eigenvalue weighted by molar-refractivity contribution is -0.158. The van der Waals surface area contributed by atoms with E-state index in [1.54, 1.807) is 6.07 Å². The number of halogens is 3. The molecule has 112 valence electrons. The van der Waals surface area contributed by atoms with Gasteiger partial charge in [-0.3, -0.25) is 4.79 Å². The molecule has 0 aromatic heterocycles. The van der Waals surface area contributed by atoms with Crippen LogP contribution in [0, 0.1) is 11.3 Å². The molecule has 0 radical (unpaired) electrons. The van der Waals surface area contributed by atoms with Crippen LogP contribution < -0.4 is 4.74 Å². The number of rotatable bonds is 2. The van der Waals surface area contributed by atoms with E-state index >= 15 is 0 Å². The highest BCUT2D eigenvalue weighted by Gasteiger charge is 2.47. The molecule has 1 aliphatic rings. The summed E-state index contributed by atoms with van der Waals surface area (Å²) in [6.07, 6.45) is -1.32. The molecule has 1 aliphatic heterocycles. The molecule has 0 saturated carbocycles. The van der Waals surface area contributed by atoms with Crippen molar-refractivity contribution < 1.29 is 18.3 Å². The minimum absolute atomic E-state index is 0.0213. The monoisotopic (exact) mass is 358 g/mol. The Labute approximate surface area is 129 Å². The summed E-state index contributed by atoms with van der Waals surface area (Å²) in [5, 5.41) is 9.03. The summed E-state index contributed by atoms with van der Waals surface area (Å²) in [4.78, 5) is 12.3. The standard InChI is InChI=1S/C14H13BrF2N2O2/c1-9(20)19-5-4-13(14(16,17)8-19)21-12-3-2-11(15)6-10(12)7-18/h2-3,6,13H,4-5,8H2,1H3/t13-/m0/s1. The molecular weight excluding hydrogens is 346 g/mol. The molecule has 1 aromatic rings. The summed E-state index contributed by atoms with van der Waals surface area (Å²) in [6, 6.07) is 6.53. The zero-order valence-electron chi connectivity index (χ0n) is 11.3. The van der Waals surface area contributed by atoms with Crippen molar-refractivity contribution in [2.24, 2.45) is 0 Å². The van der Waals surface area contributed by atoms with Gasteiger partial charge in [0.05, 0.1) is 12.1 Å². The Balaban J connectivity index is 2.17. The maximum atomic E-state index is 14.1. The predicted molar refractivity (Wildman–Crippen MR) is 75.1 cm³/mol. The van der Waals surface area contributed by atoms with E-state index in [-0.39, 0.29) is 30.2 Å². The topological polar surface area (TPSA) is 53.3 Å². The van der Waals surface area contributed by atoms with Crippen molar-refractivity contribution in [2.45, 2.75) is 25.4 Å². The fourth-order valence-corrected chi connectivity index (χ4v) is 2.54. The van der Waals surface area contributed by atoms with E-state index in [4.69, 9.17) is 10.00 Å². The van der Waals surface area contributed by atoms with Gasteiger partial charge < -0.3 is 9.64 Å². The summed E-state index contributed by atoms with van der Waals surface area (Å²) in [5.74, 6) is -3.40. The minimum Gasteiger partial charge on any atom is -0.483 e. The summed E-state index contributed by atoms with van der Waals surface area (Å²) in [5.41, 5.74) is 0.189. The molecule has 0 N–H and O–H groups in total. The number of hydrogen-bond donors (Lipinski definition) is 0. The third-order valence-corrected chi connectivity index (χ3v) is 3.80. The third kappa shape index (κ3) is 3.50. The van der Waals surface area contributed by atoms with E-state index in [0.29, 0.717) is 4.47 Å². The van der Waals surface area contributed by atoms with Crippen molar-refractivity contribution in [3.63, 3.8) is 0 Å². The molecule has 7 heteroatoms. The average molecular weight is 359 g/mol. The van der Waals surface area contributed by atoms with Crippen LogP contribution in [-0.4, -0.2) is 35.9 Å². The number of nitriles is 1. The van der Waals surface area contributed by atoms with Crippen LogP contribution in [-0.2, 0) is 4.79 Å². The first-order chi connectivity index (χ1) is 9.83. The lowest BCUT2D eigenvalue weighted by Crippen LogP contribution is -2.54. The lowest BCUT2D eigenvalue weighted by Gasteiger charge is -2.37. The quantitative estimate of drug-likeness (QED) is 0.816. The number of nitrogens with zero attached hydrogens (tertiary/aromatic N) is 2. The molecule has 1 atom stereocenters. The van der Waals surface area contributed by atoms with E-state index in [9.17, 15) is 13.6 Å². The van der Waals surface area contributed by atoms with Crippen molar-refractivity contribution in [1.82, 2.24) is 4.90 Å². The lowest BCUT2D eigenvalue weighted by atomic mass is 10.0. The van der Waals surface area contributed by atoms with Gasteiger partial charge in [0.2, 0.25) is 5.91 Å². The molecule has 1 amide bonds. The Kier molecular flexibility index (Phi) is 4.47. The van der Waals surface area contributed by atoms with Gasteiger partial charge >= 0.3 is 5.92 Å². The molecule has 1 heterocycles. The van der Waals surface area contributed by atoms with Gasteiger partial charge in [0.1, 0.15) is 11.8 Å². The second-order valence-corrected chi connectivity index (χ2v) is 5.76. The average Bonchev–Trinajstić information content (AvgIpc) is 2.42. The SMILES string of the molecule is CC(=O)N1CC[C@H](Oc2ccc(Br)cc2C#N)C(F)(F)C1. The molecule has 0 aliphatic carbocycles. The first kappa shape index (κ1) is 15.7. The molecule has 1 saturated heterocycles. The zero-order valence-corrected chi connectivity index (χ0v) is 12.9.